The van der Waals surface area contributed by atoms with Crippen LogP contribution >= 0.6 is 11.6 Å². The minimum absolute atomic E-state index is 0.314. The van der Waals surface area contributed by atoms with Crippen LogP contribution in [-0.2, 0) is 0 Å². The molecule has 2 atom stereocenters. The highest BCUT2D eigenvalue weighted by Crippen LogP contribution is 2.18. The summed E-state index contributed by atoms with van der Waals surface area (Å²) in [5.74, 6) is 1.17. The number of hydrogen-bond donors (Lipinski definition) is 1. The molecule has 0 aliphatic carbocycles. The molecule has 1 rings (SSSR count). The van der Waals surface area contributed by atoms with Gasteiger partial charge in [0.05, 0.1) is 5.02 Å². The van der Waals surface area contributed by atoms with Crippen LogP contribution in [-0.4, -0.2) is 22.6 Å². The number of halogens is 1. The van der Waals surface area contributed by atoms with Crippen molar-refractivity contribution in [2.75, 3.05) is 6.54 Å². The van der Waals surface area contributed by atoms with Crippen molar-refractivity contribution in [2.24, 2.45) is 0 Å². The van der Waals surface area contributed by atoms with Gasteiger partial charge in [-0.1, -0.05) is 32.4 Å². The van der Waals surface area contributed by atoms with Crippen LogP contribution in [0.15, 0.2) is 12.4 Å². The van der Waals surface area contributed by atoms with Crippen LogP contribution in [0.2, 0.25) is 5.02 Å². The summed E-state index contributed by atoms with van der Waals surface area (Å²) in [6, 6.07) is 0.432. The van der Waals surface area contributed by atoms with Crippen molar-refractivity contribution in [3.63, 3.8) is 0 Å². The van der Waals surface area contributed by atoms with Gasteiger partial charge in [-0.3, -0.25) is 0 Å². The third kappa shape index (κ3) is 3.72. The molecular formula is C12H20ClN3. The standard InChI is InChI=1S/C12H20ClN3/c1-4-6-14-11(5-2)9(3)12-15-7-10(13)8-16-12/h7-9,11,14H,4-6H2,1-3H3. The molecule has 1 aromatic heterocycles. The monoisotopic (exact) mass is 241 g/mol. The van der Waals surface area contributed by atoms with E-state index in [-0.39, 0.29) is 0 Å². The van der Waals surface area contributed by atoms with E-state index >= 15 is 0 Å². The number of aromatic nitrogens is 2. The van der Waals surface area contributed by atoms with Crippen molar-refractivity contribution >= 4 is 11.6 Å². The number of nitrogens with zero attached hydrogens (tertiary/aromatic N) is 2. The second-order valence-corrected chi connectivity index (χ2v) is 4.45. The van der Waals surface area contributed by atoms with E-state index in [9.17, 15) is 0 Å². The molecule has 1 aromatic rings. The maximum Gasteiger partial charge on any atom is 0.132 e. The fourth-order valence-corrected chi connectivity index (χ4v) is 1.84. The normalized spacial score (nSPS) is 14.8. The molecule has 90 valence electrons. The van der Waals surface area contributed by atoms with E-state index in [4.69, 9.17) is 11.6 Å². The second kappa shape index (κ2) is 6.81. The fraction of sp³-hybridized carbons (Fsp3) is 0.667. The first-order chi connectivity index (χ1) is 7.69. The molecule has 0 fully saturated rings. The van der Waals surface area contributed by atoms with Gasteiger partial charge in [0.25, 0.3) is 0 Å². The van der Waals surface area contributed by atoms with Gasteiger partial charge in [-0.15, -0.1) is 0 Å². The van der Waals surface area contributed by atoms with Crippen LogP contribution < -0.4 is 5.32 Å². The zero-order valence-electron chi connectivity index (χ0n) is 10.2. The molecule has 0 aliphatic heterocycles. The number of hydrogen-bond acceptors (Lipinski definition) is 3. The average Bonchev–Trinajstić information content (AvgIpc) is 2.30. The maximum absolute atomic E-state index is 5.77. The highest BCUT2D eigenvalue weighted by Gasteiger charge is 2.18. The summed E-state index contributed by atoms with van der Waals surface area (Å²) in [4.78, 5) is 8.54. The van der Waals surface area contributed by atoms with Crippen molar-refractivity contribution in [3.05, 3.63) is 23.2 Å². The molecule has 1 heterocycles. The molecule has 0 aliphatic rings. The molecule has 0 bridgehead atoms. The molecule has 1 N–H and O–H groups in total. The number of rotatable bonds is 6. The third-order valence-electron chi connectivity index (χ3n) is 2.75. The Labute approximate surface area is 103 Å². The average molecular weight is 242 g/mol. The first-order valence-corrected chi connectivity index (χ1v) is 6.27. The van der Waals surface area contributed by atoms with Gasteiger partial charge in [-0.05, 0) is 19.4 Å². The summed E-state index contributed by atoms with van der Waals surface area (Å²) >= 11 is 5.77. The minimum Gasteiger partial charge on any atom is -0.313 e. The van der Waals surface area contributed by atoms with E-state index in [1.807, 2.05) is 0 Å². The summed E-state index contributed by atoms with van der Waals surface area (Å²) in [7, 11) is 0. The smallest absolute Gasteiger partial charge is 0.132 e. The maximum atomic E-state index is 5.77. The van der Waals surface area contributed by atoms with Gasteiger partial charge in [0, 0.05) is 24.4 Å². The van der Waals surface area contributed by atoms with Gasteiger partial charge >= 0.3 is 0 Å². The summed E-state index contributed by atoms with van der Waals surface area (Å²) in [5.41, 5.74) is 0. The molecule has 16 heavy (non-hydrogen) atoms. The van der Waals surface area contributed by atoms with Crippen LogP contribution in [0.1, 0.15) is 45.4 Å². The Bertz CT molecular complexity index is 300. The lowest BCUT2D eigenvalue weighted by atomic mass is 9.98. The van der Waals surface area contributed by atoms with Crippen molar-refractivity contribution in [1.29, 1.82) is 0 Å². The van der Waals surface area contributed by atoms with Crippen LogP contribution in [0.25, 0.3) is 0 Å². The molecule has 0 saturated heterocycles. The Morgan fingerprint density at radius 1 is 1.31 bits per heavy atom. The predicted octanol–water partition coefficient (Wildman–Crippen LogP) is 3.01. The summed E-state index contributed by atoms with van der Waals surface area (Å²) in [5, 5.41) is 4.11. The zero-order valence-corrected chi connectivity index (χ0v) is 11.0. The first kappa shape index (κ1) is 13.4. The first-order valence-electron chi connectivity index (χ1n) is 5.89. The Morgan fingerprint density at radius 2 is 1.94 bits per heavy atom. The molecule has 0 spiro atoms. The summed E-state index contributed by atoms with van der Waals surface area (Å²) in [6.45, 7) is 7.54. The highest BCUT2D eigenvalue weighted by atomic mass is 35.5. The van der Waals surface area contributed by atoms with Crippen molar-refractivity contribution in [3.8, 4) is 0 Å². The van der Waals surface area contributed by atoms with Gasteiger partial charge in [0.15, 0.2) is 0 Å². The van der Waals surface area contributed by atoms with E-state index in [0.29, 0.717) is 17.0 Å². The molecular weight excluding hydrogens is 222 g/mol. The van der Waals surface area contributed by atoms with E-state index in [1.165, 1.54) is 0 Å². The second-order valence-electron chi connectivity index (χ2n) is 4.02. The van der Waals surface area contributed by atoms with Gasteiger partial charge in [-0.25, -0.2) is 9.97 Å². The Kier molecular flexibility index (Phi) is 5.71. The van der Waals surface area contributed by atoms with Crippen LogP contribution in [0.4, 0.5) is 0 Å². The highest BCUT2D eigenvalue weighted by molar-refractivity contribution is 6.30. The van der Waals surface area contributed by atoms with Gasteiger partial charge in [0.1, 0.15) is 5.82 Å². The third-order valence-corrected chi connectivity index (χ3v) is 2.94. The van der Waals surface area contributed by atoms with E-state index in [2.05, 4.69) is 36.1 Å². The van der Waals surface area contributed by atoms with Crippen LogP contribution in [0, 0.1) is 0 Å². The summed E-state index contributed by atoms with van der Waals surface area (Å²) < 4.78 is 0. The van der Waals surface area contributed by atoms with Crippen molar-refractivity contribution < 1.29 is 0 Å². The zero-order chi connectivity index (χ0) is 12.0. The lowest BCUT2D eigenvalue weighted by Crippen LogP contribution is -2.34. The Morgan fingerprint density at radius 3 is 2.44 bits per heavy atom. The van der Waals surface area contributed by atoms with E-state index < -0.39 is 0 Å². The summed E-state index contributed by atoms with van der Waals surface area (Å²) in [6.07, 6.45) is 5.54. The predicted molar refractivity (Wildman–Crippen MR) is 67.8 cm³/mol. The molecule has 4 heteroatoms. The molecule has 0 aromatic carbocycles. The quantitative estimate of drug-likeness (QED) is 0.832. The Balaban J connectivity index is 2.66. The molecule has 3 nitrogen and oxygen atoms in total. The topological polar surface area (TPSA) is 37.8 Å². The fourth-order valence-electron chi connectivity index (χ4n) is 1.74. The van der Waals surface area contributed by atoms with Crippen LogP contribution in [0.5, 0.6) is 0 Å². The van der Waals surface area contributed by atoms with Gasteiger partial charge in [0.2, 0.25) is 0 Å². The minimum atomic E-state index is 0.314. The Hall–Kier alpha value is -0.670. The largest absolute Gasteiger partial charge is 0.313 e. The molecule has 0 radical (unpaired) electrons. The molecule has 0 amide bonds. The number of nitrogens with one attached hydrogen (secondary N) is 1. The lowest BCUT2D eigenvalue weighted by molar-refractivity contribution is 0.426. The lowest BCUT2D eigenvalue weighted by Gasteiger charge is -2.22. The molecule has 2 unspecified atom stereocenters. The van der Waals surface area contributed by atoms with Crippen molar-refractivity contribution in [1.82, 2.24) is 15.3 Å². The SMILES string of the molecule is CCCNC(CC)C(C)c1ncc(Cl)cn1. The molecule has 0 saturated carbocycles. The van der Waals surface area contributed by atoms with Gasteiger partial charge in [-0.2, -0.15) is 0 Å². The van der Waals surface area contributed by atoms with Crippen molar-refractivity contribution in [2.45, 2.75) is 45.6 Å². The van der Waals surface area contributed by atoms with E-state index in [1.54, 1.807) is 12.4 Å². The van der Waals surface area contributed by atoms with Gasteiger partial charge < -0.3 is 5.32 Å². The van der Waals surface area contributed by atoms with Crippen LogP contribution in [0.3, 0.4) is 0 Å². The van der Waals surface area contributed by atoms with E-state index in [0.717, 1.165) is 25.2 Å².